The van der Waals surface area contributed by atoms with Gasteiger partial charge in [-0.1, -0.05) is 31.2 Å². The number of aromatic nitrogens is 1. The van der Waals surface area contributed by atoms with Gasteiger partial charge in [0.25, 0.3) is 0 Å². The summed E-state index contributed by atoms with van der Waals surface area (Å²) in [4.78, 5) is 36.6. The van der Waals surface area contributed by atoms with Gasteiger partial charge in [0.2, 0.25) is 11.8 Å². The summed E-state index contributed by atoms with van der Waals surface area (Å²) in [7, 11) is 1.72. The summed E-state index contributed by atoms with van der Waals surface area (Å²) in [6, 6.07) is 11.4. The van der Waals surface area contributed by atoms with Gasteiger partial charge in [-0.15, -0.1) is 0 Å². The second-order valence-electron chi connectivity index (χ2n) is 9.57. The molecular formula is C27H33N5O2. The van der Waals surface area contributed by atoms with Crippen LogP contribution in [-0.2, 0) is 16.0 Å². The predicted octanol–water partition coefficient (Wildman–Crippen LogP) is 4.11. The molecule has 0 spiro atoms. The van der Waals surface area contributed by atoms with E-state index in [-0.39, 0.29) is 23.7 Å². The van der Waals surface area contributed by atoms with Gasteiger partial charge in [0.05, 0.1) is 11.8 Å². The maximum atomic E-state index is 13.2. The van der Waals surface area contributed by atoms with E-state index in [1.165, 1.54) is 6.20 Å². The molecule has 2 amide bonds. The molecule has 0 radical (unpaired) electrons. The molecule has 0 unspecified atom stereocenters. The van der Waals surface area contributed by atoms with Gasteiger partial charge < -0.3 is 16.0 Å². The van der Waals surface area contributed by atoms with Crippen molar-refractivity contribution in [2.75, 3.05) is 23.8 Å². The van der Waals surface area contributed by atoms with Crippen molar-refractivity contribution in [3.8, 4) is 0 Å². The Labute approximate surface area is 201 Å². The highest BCUT2D eigenvalue weighted by Crippen LogP contribution is 2.52. The van der Waals surface area contributed by atoms with Crippen LogP contribution in [0.2, 0.25) is 0 Å². The lowest BCUT2D eigenvalue weighted by Crippen LogP contribution is -2.34. The van der Waals surface area contributed by atoms with Crippen LogP contribution < -0.4 is 16.0 Å². The Hall–Kier alpha value is -3.48. The highest BCUT2D eigenvalue weighted by molar-refractivity contribution is 6.22. The first-order valence-electron chi connectivity index (χ1n) is 11.8. The van der Waals surface area contributed by atoms with Crippen LogP contribution in [0.5, 0.6) is 0 Å². The summed E-state index contributed by atoms with van der Waals surface area (Å²) in [6.45, 7) is 6.57. The van der Waals surface area contributed by atoms with E-state index < -0.39 is 0 Å². The number of nitrogens with one attached hydrogen (secondary N) is 1. The molecule has 1 saturated carbocycles. The van der Waals surface area contributed by atoms with Gasteiger partial charge in [0.15, 0.2) is 0 Å². The zero-order valence-corrected chi connectivity index (χ0v) is 20.4. The van der Waals surface area contributed by atoms with Crippen molar-refractivity contribution >= 4 is 34.6 Å². The summed E-state index contributed by atoms with van der Waals surface area (Å²) in [5.41, 5.74) is 10.5. The third-order valence-corrected chi connectivity index (χ3v) is 7.08. The lowest BCUT2D eigenvalue weighted by molar-refractivity contribution is -0.125. The Balaban J connectivity index is 1.48. The van der Waals surface area contributed by atoms with E-state index in [1.807, 2.05) is 49.1 Å². The molecule has 3 N–H and O–H groups in total. The molecular weight excluding hydrogens is 426 g/mol. The maximum absolute atomic E-state index is 13.2. The molecule has 2 fully saturated rings. The third kappa shape index (κ3) is 4.74. The average molecular weight is 460 g/mol. The number of aliphatic imine (C=N–C) groups is 1. The van der Waals surface area contributed by atoms with Crippen LogP contribution >= 0.6 is 0 Å². The minimum absolute atomic E-state index is 0.170. The molecule has 7 heteroatoms. The molecule has 34 heavy (non-hydrogen) atoms. The number of pyridine rings is 1. The lowest BCUT2D eigenvalue weighted by atomic mass is 9.83. The largest absolute Gasteiger partial charge is 0.404 e. The van der Waals surface area contributed by atoms with Crippen LogP contribution in [0.3, 0.4) is 0 Å². The molecule has 1 aliphatic heterocycles. The molecule has 2 aromatic rings. The molecule has 178 valence electrons. The standard InChI is InChI=1S/C27H33N5O2/c1-17-12-22(32-11-10-27(3,26(32)34)21-8-9-21)15-24(30-17)31-25(33)14-19-6-5-7-20(13-19)23(16-28)18(2)29-4/h5-7,12-13,15-16,21H,8-11,14,28H2,1-4H3,(H,30,31,33)/t27-/m0/s1. The van der Waals surface area contributed by atoms with Gasteiger partial charge in [0, 0.05) is 48.5 Å². The SMILES string of the molecule is CN=C(C)C(=CN)c1cccc(CC(=O)Nc2cc(N3CC[C@@](C)(C4CC4)C3=O)cc(C)n2)c1. The van der Waals surface area contributed by atoms with E-state index in [1.54, 1.807) is 13.1 Å². The smallest absolute Gasteiger partial charge is 0.233 e. The molecule has 1 saturated heterocycles. The van der Waals surface area contributed by atoms with E-state index in [0.29, 0.717) is 18.3 Å². The van der Waals surface area contributed by atoms with Crippen molar-refractivity contribution in [2.24, 2.45) is 22.1 Å². The van der Waals surface area contributed by atoms with Crippen molar-refractivity contribution in [3.05, 3.63) is 59.4 Å². The minimum Gasteiger partial charge on any atom is -0.404 e. The van der Waals surface area contributed by atoms with Crippen LogP contribution in [0.1, 0.15) is 49.9 Å². The van der Waals surface area contributed by atoms with Crippen LogP contribution in [0, 0.1) is 18.3 Å². The number of nitrogens with two attached hydrogens (primary N) is 1. The summed E-state index contributed by atoms with van der Waals surface area (Å²) in [6.07, 6.45) is 4.88. The fourth-order valence-electron chi connectivity index (χ4n) is 4.84. The highest BCUT2D eigenvalue weighted by atomic mass is 16.2. The molecule has 4 rings (SSSR count). The molecule has 1 aliphatic carbocycles. The predicted molar refractivity (Wildman–Crippen MR) is 137 cm³/mol. The molecule has 1 aromatic heterocycles. The third-order valence-electron chi connectivity index (χ3n) is 7.08. The van der Waals surface area contributed by atoms with E-state index in [9.17, 15) is 9.59 Å². The van der Waals surface area contributed by atoms with E-state index in [2.05, 4.69) is 22.2 Å². The van der Waals surface area contributed by atoms with E-state index >= 15 is 0 Å². The van der Waals surface area contributed by atoms with Gasteiger partial charge in [-0.2, -0.15) is 0 Å². The minimum atomic E-state index is -0.261. The summed E-state index contributed by atoms with van der Waals surface area (Å²) >= 11 is 0. The number of carbonyl (C=O) groups is 2. The van der Waals surface area contributed by atoms with E-state index in [0.717, 1.165) is 53.1 Å². The highest BCUT2D eigenvalue weighted by Gasteiger charge is 2.52. The van der Waals surface area contributed by atoms with Crippen LogP contribution in [0.4, 0.5) is 11.5 Å². The number of aryl methyl sites for hydroxylation is 1. The Kier molecular flexibility index (Phi) is 6.55. The van der Waals surface area contributed by atoms with Gasteiger partial charge in [0.1, 0.15) is 5.82 Å². The van der Waals surface area contributed by atoms with Crippen molar-refractivity contribution in [1.29, 1.82) is 0 Å². The van der Waals surface area contributed by atoms with Crippen molar-refractivity contribution < 1.29 is 9.59 Å². The zero-order valence-electron chi connectivity index (χ0n) is 20.4. The Bertz CT molecular complexity index is 1180. The van der Waals surface area contributed by atoms with Gasteiger partial charge in [-0.25, -0.2) is 4.98 Å². The number of amides is 2. The van der Waals surface area contributed by atoms with Gasteiger partial charge in [-0.05, 0) is 56.2 Å². The van der Waals surface area contributed by atoms with Crippen LogP contribution in [0.15, 0.2) is 47.6 Å². The summed E-state index contributed by atoms with van der Waals surface area (Å²) < 4.78 is 0. The zero-order chi connectivity index (χ0) is 24.5. The van der Waals surface area contributed by atoms with Crippen molar-refractivity contribution in [2.45, 2.75) is 46.5 Å². The molecule has 7 nitrogen and oxygen atoms in total. The van der Waals surface area contributed by atoms with Gasteiger partial charge >= 0.3 is 0 Å². The number of rotatable bonds is 7. The van der Waals surface area contributed by atoms with Gasteiger partial charge in [-0.3, -0.25) is 14.6 Å². The fraction of sp³-hybridized carbons (Fsp3) is 0.407. The average Bonchev–Trinajstić information content (AvgIpc) is 3.61. The second-order valence-corrected chi connectivity index (χ2v) is 9.57. The summed E-state index contributed by atoms with van der Waals surface area (Å²) in [5.74, 6) is 0.977. The topological polar surface area (TPSA) is 101 Å². The Morgan fingerprint density at radius 2 is 2.09 bits per heavy atom. The Morgan fingerprint density at radius 3 is 2.76 bits per heavy atom. The first-order valence-corrected chi connectivity index (χ1v) is 11.8. The number of carbonyl (C=O) groups excluding carboxylic acids is 2. The van der Waals surface area contributed by atoms with Crippen molar-refractivity contribution in [1.82, 2.24) is 4.98 Å². The number of hydrogen-bond acceptors (Lipinski definition) is 5. The lowest BCUT2D eigenvalue weighted by Gasteiger charge is -2.23. The molecule has 1 atom stereocenters. The number of hydrogen-bond donors (Lipinski definition) is 2. The second kappa shape index (κ2) is 9.41. The number of anilines is 2. The first-order chi connectivity index (χ1) is 16.2. The number of nitrogens with zero attached hydrogens (tertiary/aromatic N) is 3. The Morgan fingerprint density at radius 1 is 1.32 bits per heavy atom. The first kappa shape index (κ1) is 23.7. The molecule has 2 heterocycles. The number of benzene rings is 1. The number of allylic oxidation sites excluding steroid dienone is 1. The van der Waals surface area contributed by atoms with Crippen LogP contribution in [-0.4, -0.2) is 36.1 Å². The molecule has 1 aromatic carbocycles. The summed E-state index contributed by atoms with van der Waals surface area (Å²) in [5, 5.41) is 2.91. The fourth-order valence-corrected chi connectivity index (χ4v) is 4.84. The maximum Gasteiger partial charge on any atom is 0.233 e. The monoisotopic (exact) mass is 459 g/mol. The molecule has 0 bridgehead atoms. The normalized spacial score (nSPS) is 21.2. The van der Waals surface area contributed by atoms with Crippen molar-refractivity contribution in [3.63, 3.8) is 0 Å². The quantitative estimate of drug-likeness (QED) is 0.608. The molecule has 2 aliphatic rings. The van der Waals surface area contributed by atoms with Crippen LogP contribution in [0.25, 0.3) is 5.57 Å². The van der Waals surface area contributed by atoms with E-state index in [4.69, 9.17) is 5.73 Å².